The zero-order valence-corrected chi connectivity index (χ0v) is 15.0. The summed E-state index contributed by atoms with van der Waals surface area (Å²) in [5, 5.41) is 8.84. The molecule has 0 aliphatic carbocycles. The SMILES string of the molecule is Cc1nnc(Oc2cc(Cl)c(Br)cc2Cl)c(C(N)=S)c1C. The van der Waals surface area contributed by atoms with Crippen LogP contribution in [0, 0.1) is 13.8 Å². The molecular formula is C13H10BrCl2N3OS. The Bertz CT molecular complexity index is 740. The van der Waals surface area contributed by atoms with Crippen LogP contribution < -0.4 is 10.5 Å². The number of aryl methyl sites for hydroxylation is 1. The summed E-state index contributed by atoms with van der Waals surface area (Å²) in [5.74, 6) is 0.547. The van der Waals surface area contributed by atoms with Gasteiger partial charge in [-0.1, -0.05) is 35.4 Å². The van der Waals surface area contributed by atoms with Crippen LogP contribution >= 0.6 is 51.3 Å². The molecule has 0 amide bonds. The van der Waals surface area contributed by atoms with Crippen molar-refractivity contribution in [2.75, 3.05) is 0 Å². The molecule has 0 unspecified atom stereocenters. The minimum Gasteiger partial charge on any atom is -0.435 e. The second-order valence-electron chi connectivity index (χ2n) is 4.25. The number of nitrogens with zero attached hydrogens (tertiary/aromatic N) is 2. The van der Waals surface area contributed by atoms with Crippen LogP contribution in [0.25, 0.3) is 0 Å². The maximum absolute atomic E-state index is 6.13. The molecule has 2 aromatic rings. The molecule has 0 saturated carbocycles. The first-order chi connectivity index (χ1) is 9.81. The summed E-state index contributed by atoms with van der Waals surface area (Å²) in [5.41, 5.74) is 7.82. The van der Waals surface area contributed by atoms with Gasteiger partial charge in [0, 0.05) is 10.5 Å². The number of thiocarbonyl (C=S) groups is 1. The molecule has 1 aromatic carbocycles. The molecule has 0 spiro atoms. The molecule has 2 N–H and O–H groups in total. The van der Waals surface area contributed by atoms with E-state index in [9.17, 15) is 0 Å². The van der Waals surface area contributed by atoms with Gasteiger partial charge in [-0.25, -0.2) is 0 Å². The minimum atomic E-state index is 0.180. The van der Waals surface area contributed by atoms with Gasteiger partial charge in [-0.2, -0.15) is 5.10 Å². The highest BCUT2D eigenvalue weighted by atomic mass is 79.9. The van der Waals surface area contributed by atoms with Crippen molar-refractivity contribution in [3.05, 3.63) is 43.5 Å². The zero-order valence-electron chi connectivity index (χ0n) is 11.1. The number of rotatable bonds is 3. The Balaban J connectivity index is 2.52. The van der Waals surface area contributed by atoms with Crippen LogP contribution in [0.3, 0.4) is 0 Å². The highest BCUT2D eigenvalue weighted by Gasteiger charge is 2.17. The molecule has 0 bridgehead atoms. The number of halogens is 3. The van der Waals surface area contributed by atoms with Gasteiger partial charge >= 0.3 is 0 Å². The topological polar surface area (TPSA) is 61.0 Å². The molecule has 0 aliphatic rings. The number of nitrogens with two attached hydrogens (primary N) is 1. The molecular weight excluding hydrogens is 397 g/mol. The molecule has 0 saturated heterocycles. The van der Waals surface area contributed by atoms with Crippen LogP contribution in [0.2, 0.25) is 10.0 Å². The van der Waals surface area contributed by atoms with Gasteiger partial charge in [0.15, 0.2) is 0 Å². The summed E-state index contributed by atoms with van der Waals surface area (Å²) in [6.45, 7) is 3.67. The summed E-state index contributed by atoms with van der Waals surface area (Å²) in [6, 6.07) is 3.21. The predicted octanol–water partition coefficient (Wildman–Crippen LogP) is 4.59. The van der Waals surface area contributed by atoms with Gasteiger partial charge in [0.05, 0.1) is 21.3 Å². The Morgan fingerprint density at radius 3 is 2.52 bits per heavy atom. The minimum absolute atomic E-state index is 0.180. The van der Waals surface area contributed by atoms with Gasteiger partial charge < -0.3 is 10.5 Å². The van der Waals surface area contributed by atoms with Crippen LogP contribution in [0.4, 0.5) is 0 Å². The number of benzene rings is 1. The van der Waals surface area contributed by atoms with Crippen molar-refractivity contribution in [2.24, 2.45) is 5.73 Å². The predicted molar refractivity (Wildman–Crippen MR) is 91.6 cm³/mol. The third-order valence-corrected chi connectivity index (χ3v) is 4.55. The molecule has 21 heavy (non-hydrogen) atoms. The summed E-state index contributed by atoms with van der Waals surface area (Å²) >= 11 is 20.5. The van der Waals surface area contributed by atoms with E-state index in [1.807, 2.05) is 13.8 Å². The quantitative estimate of drug-likeness (QED) is 0.596. The van der Waals surface area contributed by atoms with Crippen molar-refractivity contribution in [2.45, 2.75) is 13.8 Å². The van der Waals surface area contributed by atoms with Gasteiger partial charge in [0.2, 0.25) is 5.88 Å². The number of hydrogen-bond acceptors (Lipinski definition) is 4. The fourth-order valence-corrected chi connectivity index (χ4v) is 2.71. The van der Waals surface area contributed by atoms with Crippen molar-refractivity contribution in [3.63, 3.8) is 0 Å². The largest absolute Gasteiger partial charge is 0.435 e. The van der Waals surface area contributed by atoms with Crippen molar-refractivity contribution in [3.8, 4) is 11.6 Å². The van der Waals surface area contributed by atoms with E-state index in [0.717, 1.165) is 11.3 Å². The van der Waals surface area contributed by atoms with E-state index in [0.29, 0.717) is 25.8 Å². The summed E-state index contributed by atoms with van der Waals surface area (Å²) in [7, 11) is 0. The second-order valence-corrected chi connectivity index (χ2v) is 6.36. The smallest absolute Gasteiger partial charge is 0.249 e. The molecule has 1 heterocycles. The fraction of sp³-hybridized carbons (Fsp3) is 0.154. The van der Waals surface area contributed by atoms with Gasteiger partial charge in [-0.3, -0.25) is 0 Å². The van der Waals surface area contributed by atoms with Crippen LogP contribution in [0.5, 0.6) is 11.6 Å². The van der Waals surface area contributed by atoms with Crippen molar-refractivity contribution in [1.29, 1.82) is 0 Å². The fourth-order valence-electron chi connectivity index (χ4n) is 1.64. The molecule has 8 heteroatoms. The average molecular weight is 407 g/mol. The third kappa shape index (κ3) is 3.45. The lowest BCUT2D eigenvalue weighted by Crippen LogP contribution is -2.15. The molecule has 0 radical (unpaired) electrons. The maximum atomic E-state index is 6.13. The molecule has 0 fully saturated rings. The highest BCUT2D eigenvalue weighted by Crippen LogP contribution is 2.37. The van der Waals surface area contributed by atoms with E-state index >= 15 is 0 Å². The normalized spacial score (nSPS) is 10.5. The van der Waals surface area contributed by atoms with E-state index in [4.69, 9.17) is 45.9 Å². The van der Waals surface area contributed by atoms with E-state index < -0.39 is 0 Å². The highest BCUT2D eigenvalue weighted by molar-refractivity contribution is 9.10. The third-order valence-electron chi connectivity index (χ3n) is 2.85. The molecule has 0 atom stereocenters. The Hall–Kier alpha value is -0.950. The van der Waals surface area contributed by atoms with Gasteiger partial charge in [-0.15, -0.1) is 5.10 Å². The number of aromatic nitrogens is 2. The van der Waals surface area contributed by atoms with Crippen LogP contribution in [0.1, 0.15) is 16.8 Å². The van der Waals surface area contributed by atoms with E-state index in [1.165, 1.54) is 0 Å². The molecule has 1 aromatic heterocycles. The van der Waals surface area contributed by atoms with Gasteiger partial charge in [0.25, 0.3) is 0 Å². The first kappa shape index (κ1) is 16.4. The van der Waals surface area contributed by atoms with Gasteiger partial charge in [0.1, 0.15) is 10.7 Å². The van der Waals surface area contributed by atoms with Crippen molar-refractivity contribution in [1.82, 2.24) is 10.2 Å². The monoisotopic (exact) mass is 405 g/mol. The summed E-state index contributed by atoms with van der Waals surface area (Å²) < 4.78 is 6.36. The van der Waals surface area contributed by atoms with E-state index in [-0.39, 0.29) is 10.9 Å². The summed E-state index contributed by atoms with van der Waals surface area (Å²) in [4.78, 5) is 0.180. The standard InChI is InChI=1S/C13H10BrCl2N3OS/c1-5-6(2)18-19-13(11(5)12(17)21)20-10-4-8(15)7(14)3-9(10)16/h3-4H,1-2H3,(H2,17,21). The maximum Gasteiger partial charge on any atom is 0.249 e. The first-order valence-electron chi connectivity index (χ1n) is 5.77. The summed E-state index contributed by atoms with van der Waals surface area (Å²) in [6.07, 6.45) is 0. The first-order valence-corrected chi connectivity index (χ1v) is 7.73. The molecule has 0 aliphatic heterocycles. The van der Waals surface area contributed by atoms with E-state index in [1.54, 1.807) is 12.1 Å². The lowest BCUT2D eigenvalue weighted by molar-refractivity contribution is 0.452. The van der Waals surface area contributed by atoms with Crippen LogP contribution in [0.15, 0.2) is 16.6 Å². The number of hydrogen-bond donors (Lipinski definition) is 1. The van der Waals surface area contributed by atoms with Crippen LogP contribution in [-0.4, -0.2) is 15.2 Å². The Labute approximate surface area is 145 Å². The average Bonchev–Trinajstić information content (AvgIpc) is 2.40. The Morgan fingerprint density at radius 2 is 1.90 bits per heavy atom. The van der Waals surface area contributed by atoms with E-state index in [2.05, 4.69) is 26.1 Å². The number of ether oxygens (including phenoxy) is 1. The molecule has 2 rings (SSSR count). The van der Waals surface area contributed by atoms with Crippen LogP contribution in [-0.2, 0) is 0 Å². The van der Waals surface area contributed by atoms with Crippen molar-refractivity contribution < 1.29 is 4.74 Å². The zero-order chi connectivity index (χ0) is 15.7. The molecule has 4 nitrogen and oxygen atoms in total. The van der Waals surface area contributed by atoms with Gasteiger partial charge in [-0.05, 0) is 41.4 Å². The Morgan fingerprint density at radius 1 is 1.24 bits per heavy atom. The lowest BCUT2D eigenvalue weighted by atomic mass is 10.1. The Kier molecular flexibility index (Phi) is 5.03. The second kappa shape index (κ2) is 6.44. The lowest BCUT2D eigenvalue weighted by Gasteiger charge is -2.13. The molecule has 110 valence electrons. The van der Waals surface area contributed by atoms with Crippen molar-refractivity contribution >= 4 is 56.3 Å².